The van der Waals surface area contributed by atoms with Crippen LogP contribution in [0.15, 0.2) is 0 Å². The standard InChI is InChI=1S/C14H21N5O/c1-4-5-17-6-8-18(9-7-17)13(20)10-19-12(3)14(15)11(2)16-19/h1H,5-10,15H2,2-3H3. The average Bonchev–Trinajstić information content (AvgIpc) is 2.67. The summed E-state index contributed by atoms with van der Waals surface area (Å²) in [5.41, 5.74) is 8.16. The molecule has 1 fully saturated rings. The molecule has 0 unspecified atom stereocenters. The number of rotatable bonds is 3. The number of piperazine rings is 1. The van der Waals surface area contributed by atoms with Crippen molar-refractivity contribution >= 4 is 11.6 Å². The number of aryl methyl sites for hydroxylation is 1. The molecule has 0 aromatic carbocycles. The van der Waals surface area contributed by atoms with Crippen LogP contribution in [0.2, 0.25) is 0 Å². The summed E-state index contributed by atoms with van der Waals surface area (Å²) < 4.78 is 1.68. The van der Waals surface area contributed by atoms with E-state index in [1.165, 1.54) is 0 Å². The van der Waals surface area contributed by atoms with Gasteiger partial charge in [0.2, 0.25) is 5.91 Å². The third-order valence-electron chi connectivity index (χ3n) is 3.76. The Morgan fingerprint density at radius 1 is 1.35 bits per heavy atom. The normalized spacial score (nSPS) is 16.1. The summed E-state index contributed by atoms with van der Waals surface area (Å²) in [6.45, 7) is 7.72. The van der Waals surface area contributed by atoms with Crippen LogP contribution in [0.3, 0.4) is 0 Å². The monoisotopic (exact) mass is 275 g/mol. The first-order chi connectivity index (χ1) is 9.52. The highest BCUT2D eigenvalue weighted by Gasteiger charge is 2.21. The van der Waals surface area contributed by atoms with Crippen molar-refractivity contribution in [3.8, 4) is 12.3 Å². The molecule has 0 aliphatic carbocycles. The highest BCUT2D eigenvalue weighted by atomic mass is 16.2. The summed E-state index contributed by atoms with van der Waals surface area (Å²) in [5.74, 6) is 2.71. The molecule has 0 spiro atoms. The van der Waals surface area contributed by atoms with Crippen LogP contribution in [-0.4, -0.2) is 58.2 Å². The molecule has 2 rings (SSSR count). The van der Waals surface area contributed by atoms with E-state index in [2.05, 4.69) is 15.9 Å². The Labute approximate surface area is 119 Å². The molecule has 2 N–H and O–H groups in total. The molecule has 0 bridgehead atoms. The van der Waals surface area contributed by atoms with Crippen LogP contribution in [0, 0.1) is 26.2 Å². The van der Waals surface area contributed by atoms with Gasteiger partial charge in [0.25, 0.3) is 0 Å². The predicted octanol–water partition coefficient (Wildman–Crippen LogP) is -0.140. The molecule has 1 aliphatic rings. The number of carbonyl (C=O) groups excluding carboxylic acids is 1. The third kappa shape index (κ3) is 2.94. The Morgan fingerprint density at radius 3 is 2.50 bits per heavy atom. The minimum absolute atomic E-state index is 0.0796. The predicted molar refractivity (Wildman–Crippen MR) is 78.0 cm³/mol. The van der Waals surface area contributed by atoms with Crippen molar-refractivity contribution < 1.29 is 4.79 Å². The molecule has 0 atom stereocenters. The number of amides is 1. The maximum absolute atomic E-state index is 12.3. The van der Waals surface area contributed by atoms with Crippen LogP contribution in [0.1, 0.15) is 11.4 Å². The lowest BCUT2D eigenvalue weighted by molar-refractivity contribution is -0.133. The van der Waals surface area contributed by atoms with Gasteiger partial charge in [0.1, 0.15) is 6.54 Å². The fraction of sp³-hybridized carbons (Fsp3) is 0.571. The van der Waals surface area contributed by atoms with Gasteiger partial charge in [-0.1, -0.05) is 5.92 Å². The van der Waals surface area contributed by atoms with Gasteiger partial charge in [0, 0.05) is 26.2 Å². The second kappa shape index (κ2) is 5.97. The minimum atomic E-state index is 0.0796. The van der Waals surface area contributed by atoms with E-state index >= 15 is 0 Å². The SMILES string of the molecule is C#CCN1CCN(C(=O)Cn2nc(C)c(N)c2C)CC1. The molecular weight excluding hydrogens is 254 g/mol. The fourth-order valence-corrected chi connectivity index (χ4v) is 2.38. The van der Waals surface area contributed by atoms with E-state index in [0.29, 0.717) is 12.2 Å². The number of hydrogen-bond donors (Lipinski definition) is 1. The molecule has 1 aromatic heterocycles. The number of terminal acetylenes is 1. The van der Waals surface area contributed by atoms with Crippen molar-refractivity contribution in [1.29, 1.82) is 0 Å². The number of carbonyl (C=O) groups is 1. The lowest BCUT2D eigenvalue weighted by Crippen LogP contribution is -2.49. The zero-order valence-corrected chi connectivity index (χ0v) is 12.1. The first-order valence-electron chi connectivity index (χ1n) is 6.76. The molecule has 6 nitrogen and oxygen atoms in total. The second-order valence-corrected chi connectivity index (χ2v) is 5.10. The van der Waals surface area contributed by atoms with Crippen molar-refractivity contribution in [3.05, 3.63) is 11.4 Å². The zero-order chi connectivity index (χ0) is 14.7. The van der Waals surface area contributed by atoms with Gasteiger partial charge in [-0.3, -0.25) is 14.4 Å². The van der Waals surface area contributed by atoms with Crippen molar-refractivity contribution in [1.82, 2.24) is 19.6 Å². The van der Waals surface area contributed by atoms with Crippen LogP contribution in [-0.2, 0) is 11.3 Å². The molecule has 1 amide bonds. The van der Waals surface area contributed by atoms with Crippen molar-refractivity contribution in [2.24, 2.45) is 0 Å². The average molecular weight is 275 g/mol. The molecule has 1 saturated heterocycles. The van der Waals surface area contributed by atoms with E-state index in [0.717, 1.165) is 37.6 Å². The van der Waals surface area contributed by atoms with Crippen LogP contribution in [0.4, 0.5) is 5.69 Å². The Hall–Kier alpha value is -2.00. The van der Waals surface area contributed by atoms with Gasteiger partial charge >= 0.3 is 0 Å². The van der Waals surface area contributed by atoms with E-state index < -0.39 is 0 Å². The van der Waals surface area contributed by atoms with Gasteiger partial charge in [-0.05, 0) is 13.8 Å². The summed E-state index contributed by atoms with van der Waals surface area (Å²) in [7, 11) is 0. The summed E-state index contributed by atoms with van der Waals surface area (Å²) in [4.78, 5) is 16.3. The summed E-state index contributed by atoms with van der Waals surface area (Å²) in [6.07, 6.45) is 5.29. The molecular formula is C14H21N5O. The van der Waals surface area contributed by atoms with Crippen LogP contribution < -0.4 is 5.73 Å². The smallest absolute Gasteiger partial charge is 0.244 e. The van der Waals surface area contributed by atoms with Crippen molar-refractivity contribution in [2.75, 3.05) is 38.5 Å². The lowest BCUT2D eigenvalue weighted by Gasteiger charge is -2.33. The Morgan fingerprint density at radius 2 is 2.00 bits per heavy atom. The molecule has 2 heterocycles. The fourth-order valence-electron chi connectivity index (χ4n) is 2.38. The van der Waals surface area contributed by atoms with Crippen LogP contribution in [0.25, 0.3) is 0 Å². The summed E-state index contributed by atoms with van der Waals surface area (Å²) >= 11 is 0. The molecule has 0 saturated carbocycles. The number of anilines is 1. The third-order valence-corrected chi connectivity index (χ3v) is 3.76. The molecule has 108 valence electrons. The Kier molecular flexibility index (Phi) is 4.30. The molecule has 0 radical (unpaired) electrons. The van der Waals surface area contributed by atoms with Crippen LogP contribution in [0.5, 0.6) is 0 Å². The van der Waals surface area contributed by atoms with Crippen molar-refractivity contribution in [3.63, 3.8) is 0 Å². The summed E-state index contributed by atoms with van der Waals surface area (Å²) in [5, 5.41) is 4.30. The van der Waals surface area contributed by atoms with Gasteiger partial charge in [-0.25, -0.2) is 0 Å². The number of nitrogens with two attached hydrogens (primary N) is 1. The largest absolute Gasteiger partial charge is 0.396 e. The van der Waals surface area contributed by atoms with E-state index in [-0.39, 0.29) is 12.5 Å². The molecule has 20 heavy (non-hydrogen) atoms. The Bertz CT molecular complexity index is 534. The van der Waals surface area contributed by atoms with Crippen LogP contribution >= 0.6 is 0 Å². The molecule has 6 heteroatoms. The topological polar surface area (TPSA) is 67.4 Å². The van der Waals surface area contributed by atoms with E-state index in [4.69, 9.17) is 12.2 Å². The first kappa shape index (κ1) is 14.4. The quantitative estimate of drug-likeness (QED) is 0.780. The zero-order valence-electron chi connectivity index (χ0n) is 12.1. The second-order valence-electron chi connectivity index (χ2n) is 5.10. The first-order valence-corrected chi connectivity index (χ1v) is 6.76. The van der Waals surface area contributed by atoms with Gasteiger partial charge < -0.3 is 10.6 Å². The van der Waals surface area contributed by atoms with E-state index in [1.54, 1.807) is 4.68 Å². The van der Waals surface area contributed by atoms with E-state index in [1.807, 2.05) is 18.7 Å². The van der Waals surface area contributed by atoms with Gasteiger partial charge in [0.15, 0.2) is 0 Å². The highest BCUT2D eigenvalue weighted by molar-refractivity contribution is 5.76. The van der Waals surface area contributed by atoms with E-state index in [9.17, 15) is 4.79 Å². The highest BCUT2D eigenvalue weighted by Crippen LogP contribution is 2.15. The Balaban J connectivity index is 1.93. The number of nitrogen functional groups attached to an aromatic ring is 1. The van der Waals surface area contributed by atoms with Crippen molar-refractivity contribution in [2.45, 2.75) is 20.4 Å². The number of nitrogens with zero attached hydrogens (tertiary/aromatic N) is 4. The maximum Gasteiger partial charge on any atom is 0.244 e. The summed E-state index contributed by atoms with van der Waals surface area (Å²) in [6, 6.07) is 0. The minimum Gasteiger partial charge on any atom is -0.396 e. The molecule has 1 aliphatic heterocycles. The van der Waals surface area contributed by atoms with Gasteiger partial charge in [-0.15, -0.1) is 6.42 Å². The number of aromatic nitrogens is 2. The maximum atomic E-state index is 12.3. The number of hydrogen-bond acceptors (Lipinski definition) is 4. The lowest BCUT2D eigenvalue weighted by atomic mass is 10.3. The van der Waals surface area contributed by atoms with Gasteiger partial charge in [-0.2, -0.15) is 5.10 Å². The molecule has 1 aromatic rings. The van der Waals surface area contributed by atoms with Gasteiger partial charge in [0.05, 0.1) is 23.6 Å².